The Kier molecular flexibility index (Phi) is 4.75. The van der Waals surface area contributed by atoms with E-state index in [1.54, 1.807) is 18.2 Å². The second kappa shape index (κ2) is 6.53. The molecule has 2 rings (SSSR count). The van der Waals surface area contributed by atoms with Gasteiger partial charge in [-0.1, -0.05) is 6.92 Å². The molecule has 0 unspecified atom stereocenters. The lowest BCUT2D eigenvalue weighted by atomic mass is 10.4. The number of nitrogens with zero attached hydrogens (tertiary/aromatic N) is 1. The van der Waals surface area contributed by atoms with Crippen molar-refractivity contribution in [1.29, 1.82) is 0 Å². The summed E-state index contributed by atoms with van der Waals surface area (Å²) in [6, 6.07) is 6.25. The van der Waals surface area contributed by atoms with Gasteiger partial charge >= 0.3 is 0 Å². The third-order valence-electron chi connectivity index (χ3n) is 2.56. The lowest BCUT2D eigenvalue weighted by Crippen LogP contribution is -2.14. The summed E-state index contributed by atoms with van der Waals surface area (Å²) in [6.07, 6.45) is 4.04. The van der Waals surface area contributed by atoms with Gasteiger partial charge in [0.25, 0.3) is 10.0 Å². The zero-order valence-electron chi connectivity index (χ0n) is 11.2. The van der Waals surface area contributed by atoms with Crippen LogP contribution in [0.4, 0.5) is 5.69 Å². The van der Waals surface area contributed by atoms with Gasteiger partial charge in [-0.25, -0.2) is 0 Å². The van der Waals surface area contributed by atoms with Gasteiger partial charge in [0.1, 0.15) is 5.76 Å². The van der Waals surface area contributed by atoms with E-state index in [0.29, 0.717) is 18.0 Å². The van der Waals surface area contributed by atoms with Gasteiger partial charge in [-0.2, -0.15) is 8.42 Å². The van der Waals surface area contributed by atoms with Gasteiger partial charge in [0.05, 0.1) is 12.2 Å². The van der Waals surface area contributed by atoms with Crippen molar-refractivity contribution < 1.29 is 12.8 Å². The van der Waals surface area contributed by atoms with E-state index in [1.165, 1.54) is 18.5 Å². The quantitative estimate of drug-likeness (QED) is 0.763. The van der Waals surface area contributed by atoms with Crippen LogP contribution in [0.25, 0.3) is 0 Å². The van der Waals surface area contributed by atoms with Crippen molar-refractivity contribution >= 4 is 15.7 Å². The molecule has 0 radical (unpaired) electrons. The van der Waals surface area contributed by atoms with Crippen LogP contribution in [-0.2, 0) is 16.6 Å². The van der Waals surface area contributed by atoms with Crippen LogP contribution in [0.5, 0.6) is 0 Å². The normalized spacial score (nSPS) is 11.4. The average Bonchev–Trinajstić information content (AvgIpc) is 2.89. The van der Waals surface area contributed by atoms with E-state index in [4.69, 9.17) is 4.42 Å². The number of aromatic nitrogens is 1. The molecule has 0 amide bonds. The molecular formula is C13H17N3O3S. The first kappa shape index (κ1) is 14.5. The molecule has 0 spiro atoms. The molecule has 2 aromatic heterocycles. The predicted octanol–water partition coefficient (Wildman–Crippen LogP) is 1.97. The molecule has 2 aromatic rings. The highest BCUT2D eigenvalue weighted by Gasteiger charge is 2.18. The first-order valence-electron chi connectivity index (χ1n) is 6.34. The lowest BCUT2D eigenvalue weighted by molar-refractivity contribution is 0.403. The number of furan rings is 1. The highest BCUT2D eigenvalue weighted by molar-refractivity contribution is 7.92. The van der Waals surface area contributed by atoms with Crippen LogP contribution in [0.15, 0.2) is 46.2 Å². The summed E-state index contributed by atoms with van der Waals surface area (Å²) < 4.78 is 32.0. The smallest absolute Gasteiger partial charge is 0.295 e. The predicted molar refractivity (Wildman–Crippen MR) is 75.8 cm³/mol. The standard InChI is InChI=1S/C13H17N3O3S/c1-2-7-15-10-12-3-4-13(19-12)20(17,18)16-11-5-8-14-9-6-11/h3-6,8-9,15H,2,7,10H2,1H3,(H,14,16). The summed E-state index contributed by atoms with van der Waals surface area (Å²) in [6.45, 7) is 3.43. The lowest BCUT2D eigenvalue weighted by Gasteiger charge is -2.05. The van der Waals surface area contributed by atoms with E-state index >= 15 is 0 Å². The molecule has 0 aliphatic rings. The van der Waals surface area contributed by atoms with Crippen molar-refractivity contribution in [3.63, 3.8) is 0 Å². The molecule has 0 aromatic carbocycles. The fourth-order valence-electron chi connectivity index (χ4n) is 1.61. The van der Waals surface area contributed by atoms with Crippen LogP contribution in [0, 0.1) is 0 Å². The maximum absolute atomic E-state index is 12.1. The van der Waals surface area contributed by atoms with Crippen molar-refractivity contribution in [3.05, 3.63) is 42.4 Å². The highest BCUT2D eigenvalue weighted by Crippen LogP contribution is 2.17. The summed E-state index contributed by atoms with van der Waals surface area (Å²) in [5, 5.41) is 3.05. The fraction of sp³-hybridized carbons (Fsp3) is 0.308. The van der Waals surface area contributed by atoms with Crippen LogP contribution in [0.1, 0.15) is 19.1 Å². The van der Waals surface area contributed by atoms with Gasteiger partial charge < -0.3 is 9.73 Å². The van der Waals surface area contributed by atoms with E-state index in [0.717, 1.165) is 13.0 Å². The van der Waals surface area contributed by atoms with Gasteiger partial charge in [0.15, 0.2) is 0 Å². The van der Waals surface area contributed by atoms with Crippen LogP contribution >= 0.6 is 0 Å². The largest absolute Gasteiger partial charge is 0.446 e. The topological polar surface area (TPSA) is 84.2 Å². The molecular weight excluding hydrogens is 278 g/mol. The zero-order valence-corrected chi connectivity index (χ0v) is 12.0. The fourth-order valence-corrected chi connectivity index (χ4v) is 2.62. The molecule has 0 fully saturated rings. The maximum Gasteiger partial charge on any atom is 0.295 e. The number of pyridine rings is 1. The number of sulfonamides is 1. The van der Waals surface area contributed by atoms with E-state index < -0.39 is 10.0 Å². The minimum Gasteiger partial charge on any atom is -0.446 e. The Bertz CT molecular complexity index is 638. The number of nitrogens with one attached hydrogen (secondary N) is 2. The van der Waals surface area contributed by atoms with E-state index in [2.05, 4.69) is 21.9 Å². The third kappa shape index (κ3) is 3.82. The minimum atomic E-state index is -3.70. The Morgan fingerprint density at radius 3 is 2.65 bits per heavy atom. The molecule has 2 N–H and O–H groups in total. The van der Waals surface area contributed by atoms with Crippen molar-refractivity contribution in [2.24, 2.45) is 0 Å². The third-order valence-corrected chi connectivity index (χ3v) is 3.81. The molecule has 0 atom stereocenters. The summed E-state index contributed by atoms with van der Waals surface area (Å²) >= 11 is 0. The molecule has 0 saturated carbocycles. The molecule has 20 heavy (non-hydrogen) atoms. The van der Waals surface area contributed by atoms with E-state index in [9.17, 15) is 8.42 Å². The molecule has 0 saturated heterocycles. The second-order valence-corrected chi connectivity index (χ2v) is 5.85. The number of rotatable bonds is 7. The van der Waals surface area contributed by atoms with Gasteiger partial charge in [-0.3, -0.25) is 9.71 Å². The van der Waals surface area contributed by atoms with Crippen LogP contribution in [-0.4, -0.2) is 19.9 Å². The van der Waals surface area contributed by atoms with Crippen LogP contribution in [0.2, 0.25) is 0 Å². The van der Waals surface area contributed by atoms with E-state index in [-0.39, 0.29) is 5.09 Å². The summed E-state index contributed by atoms with van der Waals surface area (Å²) in [5.41, 5.74) is 0.446. The molecule has 0 aliphatic heterocycles. The van der Waals surface area contributed by atoms with Gasteiger partial charge in [0, 0.05) is 12.4 Å². The molecule has 6 nitrogen and oxygen atoms in total. The molecule has 108 valence electrons. The Morgan fingerprint density at radius 2 is 1.95 bits per heavy atom. The van der Waals surface area contributed by atoms with Crippen molar-refractivity contribution in [2.45, 2.75) is 25.0 Å². The monoisotopic (exact) mass is 295 g/mol. The summed E-state index contributed by atoms with van der Waals surface area (Å²) in [7, 11) is -3.70. The highest BCUT2D eigenvalue weighted by atomic mass is 32.2. The Balaban J connectivity index is 2.06. The second-order valence-electron chi connectivity index (χ2n) is 4.24. The maximum atomic E-state index is 12.1. The number of anilines is 1. The van der Waals surface area contributed by atoms with Gasteiger partial charge in [0.2, 0.25) is 5.09 Å². The van der Waals surface area contributed by atoms with E-state index in [1.807, 2.05) is 0 Å². The van der Waals surface area contributed by atoms with Gasteiger partial charge in [-0.05, 0) is 37.2 Å². The first-order valence-corrected chi connectivity index (χ1v) is 7.82. The Labute approximate surface area is 118 Å². The Morgan fingerprint density at radius 1 is 1.20 bits per heavy atom. The molecule has 7 heteroatoms. The number of hydrogen-bond acceptors (Lipinski definition) is 5. The molecule has 0 bridgehead atoms. The zero-order chi connectivity index (χ0) is 14.4. The summed E-state index contributed by atoms with van der Waals surface area (Å²) in [5.74, 6) is 0.591. The van der Waals surface area contributed by atoms with Crippen molar-refractivity contribution in [3.8, 4) is 0 Å². The average molecular weight is 295 g/mol. The Hall–Kier alpha value is -1.86. The van der Waals surface area contributed by atoms with Crippen LogP contribution < -0.4 is 10.0 Å². The summed E-state index contributed by atoms with van der Waals surface area (Å²) in [4.78, 5) is 3.83. The first-order chi connectivity index (χ1) is 9.62. The number of hydrogen-bond donors (Lipinski definition) is 2. The van der Waals surface area contributed by atoms with Crippen molar-refractivity contribution in [1.82, 2.24) is 10.3 Å². The van der Waals surface area contributed by atoms with Gasteiger partial charge in [-0.15, -0.1) is 0 Å². The minimum absolute atomic E-state index is 0.0948. The van der Waals surface area contributed by atoms with Crippen molar-refractivity contribution in [2.75, 3.05) is 11.3 Å². The molecule has 2 heterocycles. The van der Waals surface area contributed by atoms with Crippen LogP contribution in [0.3, 0.4) is 0 Å². The SMILES string of the molecule is CCCNCc1ccc(S(=O)(=O)Nc2ccncc2)o1. The molecule has 0 aliphatic carbocycles.